The Morgan fingerprint density at radius 3 is 2.62 bits per heavy atom. The third-order valence-electron chi connectivity index (χ3n) is 3.22. The molecular formula is C12H14N2O2. The fourth-order valence-electron chi connectivity index (χ4n) is 2.04. The second kappa shape index (κ2) is 3.69. The number of nitrogens with zero attached hydrogens (tertiary/aromatic N) is 1. The van der Waals surface area contributed by atoms with Crippen LogP contribution in [0.2, 0.25) is 0 Å². The van der Waals surface area contributed by atoms with Crippen molar-refractivity contribution in [1.82, 2.24) is 0 Å². The van der Waals surface area contributed by atoms with Gasteiger partial charge in [0, 0.05) is 17.2 Å². The molecule has 0 unspecified atom stereocenters. The van der Waals surface area contributed by atoms with Crippen LogP contribution in [-0.4, -0.2) is 12.2 Å². The summed E-state index contributed by atoms with van der Waals surface area (Å²) < 4.78 is 5.20. The Bertz CT molecular complexity index is 459. The van der Waals surface area contributed by atoms with E-state index in [1.54, 1.807) is 6.07 Å². The van der Waals surface area contributed by atoms with E-state index in [1.807, 2.05) is 6.07 Å². The van der Waals surface area contributed by atoms with E-state index in [4.69, 9.17) is 15.7 Å². The van der Waals surface area contributed by atoms with E-state index in [2.05, 4.69) is 0 Å². The van der Waals surface area contributed by atoms with Crippen molar-refractivity contribution in [3.8, 4) is 17.6 Å². The van der Waals surface area contributed by atoms with Gasteiger partial charge in [0.15, 0.2) is 0 Å². The molecule has 0 aromatic heterocycles. The summed E-state index contributed by atoms with van der Waals surface area (Å²) in [6.07, 6.45) is 2.86. The van der Waals surface area contributed by atoms with Crippen LogP contribution in [0.5, 0.6) is 11.5 Å². The molecule has 0 bridgehead atoms. The summed E-state index contributed by atoms with van der Waals surface area (Å²) in [6.45, 7) is 0. The zero-order valence-electron chi connectivity index (χ0n) is 9.16. The molecule has 1 fully saturated rings. The van der Waals surface area contributed by atoms with Gasteiger partial charge in [-0.25, -0.2) is 0 Å². The van der Waals surface area contributed by atoms with Gasteiger partial charge in [-0.2, -0.15) is 5.26 Å². The fraction of sp³-hybridized carbons (Fsp3) is 0.417. The molecule has 0 atom stereocenters. The van der Waals surface area contributed by atoms with E-state index in [0.717, 1.165) is 24.8 Å². The minimum Gasteiger partial charge on any atom is -0.506 e. The molecule has 0 radical (unpaired) electrons. The zero-order chi connectivity index (χ0) is 11.8. The lowest BCUT2D eigenvalue weighted by atomic mass is 9.72. The number of ether oxygens (including phenoxy) is 1. The summed E-state index contributed by atoms with van der Waals surface area (Å²) in [6, 6.07) is 5.04. The molecule has 0 heterocycles. The summed E-state index contributed by atoms with van der Waals surface area (Å²) in [5.41, 5.74) is 6.86. The fourth-order valence-corrected chi connectivity index (χ4v) is 2.04. The van der Waals surface area contributed by atoms with Crippen molar-refractivity contribution in [3.05, 3.63) is 23.3 Å². The Labute approximate surface area is 94.3 Å². The van der Waals surface area contributed by atoms with Crippen molar-refractivity contribution >= 4 is 0 Å². The van der Waals surface area contributed by atoms with Gasteiger partial charge in [0.2, 0.25) is 0 Å². The highest BCUT2D eigenvalue weighted by molar-refractivity contribution is 5.53. The Morgan fingerprint density at radius 1 is 1.50 bits per heavy atom. The summed E-state index contributed by atoms with van der Waals surface area (Å²) in [7, 11) is 1.53. The zero-order valence-corrected chi connectivity index (χ0v) is 9.16. The van der Waals surface area contributed by atoms with Crippen molar-refractivity contribution in [1.29, 1.82) is 5.26 Å². The number of aromatic hydroxyl groups is 1. The van der Waals surface area contributed by atoms with Crippen molar-refractivity contribution in [2.45, 2.75) is 24.8 Å². The van der Waals surface area contributed by atoms with Gasteiger partial charge < -0.3 is 15.6 Å². The first-order chi connectivity index (χ1) is 7.60. The van der Waals surface area contributed by atoms with Gasteiger partial charge in [0.05, 0.1) is 12.7 Å². The third-order valence-corrected chi connectivity index (χ3v) is 3.22. The summed E-state index contributed by atoms with van der Waals surface area (Å²) in [5, 5.41) is 18.4. The standard InChI is InChI=1S/C12H14N2O2/c1-16-11-6-10(15)8(7-13)5-9(11)12(14)3-2-4-12/h5-6,15H,2-4,14H2,1H3. The lowest BCUT2D eigenvalue weighted by molar-refractivity contribution is 0.243. The van der Waals surface area contributed by atoms with Crippen molar-refractivity contribution in [2.24, 2.45) is 5.73 Å². The van der Waals surface area contributed by atoms with Crippen LogP contribution < -0.4 is 10.5 Å². The van der Waals surface area contributed by atoms with Gasteiger partial charge >= 0.3 is 0 Å². The first-order valence-corrected chi connectivity index (χ1v) is 5.21. The molecule has 3 N–H and O–H groups in total. The maximum atomic E-state index is 9.56. The number of benzene rings is 1. The Kier molecular flexibility index (Phi) is 2.49. The van der Waals surface area contributed by atoms with Crippen molar-refractivity contribution < 1.29 is 9.84 Å². The minimum atomic E-state index is -0.398. The molecule has 0 saturated heterocycles. The van der Waals surface area contributed by atoms with Gasteiger partial charge in [0.25, 0.3) is 0 Å². The summed E-state index contributed by atoms with van der Waals surface area (Å²) >= 11 is 0. The first kappa shape index (κ1) is 10.8. The molecule has 1 aromatic rings. The highest BCUT2D eigenvalue weighted by atomic mass is 16.5. The van der Waals surface area contributed by atoms with Crippen LogP contribution in [0, 0.1) is 11.3 Å². The van der Waals surface area contributed by atoms with Crippen LogP contribution in [0.15, 0.2) is 12.1 Å². The summed E-state index contributed by atoms with van der Waals surface area (Å²) in [4.78, 5) is 0. The average Bonchev–Trinajstić information content (AvgIpc) is 2.25. The number of phenolic OH excluding ortho intramolecular Hbond substituents is 1. The van der Waals surface area contributed by atoms with Crippen molar-refractivity contribution in [2.75, 3.05) is 7.11 Å². The minimum absolute atomic E-state index is 0.0639. The van der Waals surface area contributed by atoms with Crippen LogP contribution in [0.25, 0.3) is 0 Å². The molecule has 16 heavy (non-hydrogen) atoms. The average molecular weight is 218 g/mol. The first-order valence-electron chi connectivity index (χ1n) is 5.21. The van der Waals surface area contributed by atoms with E-state index in [0.29, 0.717) is 5.75 Å². The lowest BCUT2D eigenvalue weighted by Gasteiger charge is -2.39. The molecule has 0 spiro atoms. The molecule has 4 heteroatoms. The highest BCUT2D eigenvalue weighted by Gasteiger charge is 2.37. The highest BCUT2D eigenvalue weighted by Crippen LogP contribution is 2.44. The maximum Gasteiger partial charge on any atom is 0.137 e. The Hall–Kier alpha value is -1.73. The molecule has 1 saturated carbocycles. The van der Waals surface area contributed by atoms with Crippen LogP contribution >= 0.6 is 0 Å². The van der Waals surface area contributed by atoms with Gasteiger partial charge in [0.1, 0.15) is 17.6 Å². The quantitative estimate of drug-likeness (QED) is 0.790. The molecule has 0 aliphatic heterocycles. The molecular weight excluding hydrogens is 204 g/mol. The van der Waals surface area contributed by atoms with Gasteiger partial charge in [-0.3, -0.25) is 0 Å². The normalized spacial score (nSPS) is 17.3. The number of hydrogen-bond donors (Lipinski definition) is 2. The second-order valence-electron chi connectivity index (χ2n) is 4.19. The third kappa shape index (κ3) is 1.50. The Morgan fingerprint density at radius 2 is 2.19 bits per heavy atom. The number of phenols is 1. The number of hydrogen-bond acceptors (Lipinski definition) is 4. The molecule has 1 aliphatic carbocycles. The van der Waals surface area contributed by atoms with E-state index in [9.17, 15) is 5.11 Å². The Balaban J connectivity index is 2.55. The maximum absolute atomic E-state index is 9.56. The van der Waals surface area contributed by atoms with Gasteiger partial charge in [-0.05, 0) is 25.3 Å². The number of nitrogens with two attached hydrogens (primary N) is 1. The number of methoxy groups -OCH3 is 1. The van der Waals surface area contributed by atoms with Crippen molar-refractivity contribution in [3.63, 3.8) is 0 Å². The molecule has 84 valence electrons. The molecule has 1 aromatic carbocycles. The topological polar surface area (TPSA) is 79.3 Å². The van der Waals surface area contributed by atoms with E-state index >= 15 is 0 Å². The smallest absolute Gasteiger partial charge is 0.137 e. The van der Waals surface area contributed by atoms with E-state index < -0.39 is 5.54 Å². The molecule has 2 rings (SSSR count). The van der Waals surface area contributed by atoms with Crippen LogP contribution in [0.4, 0.5) is 0 Å². The number of nitriles is 1. The molecule has 0 amide bonds. The predicted molar refractivity (Wildman–Crippen MR) is 59.1 cm³/mol. The largest absolute Gasteiger partial charge is 0.506 e. The molecule has 4 nitrogen and oxygen atoms in total. The lowest BCUT2D eigenvalue weighted by Crippen LogP contribution is -2.43. The summed E-state index contributed by atoms with van der Waals surface area (Å²) in [5.74, 6) is 0.490. The predicted octanol–water partition coefficient (Wildman–Crippen LogP) is 1.61. The van der Waals surface area contributed by atoms with E-state index in [-0.39, 0.29) is 11.3 Å². The van der Waals surface area contributed by atoms with Crippen LogP contribution in [0.1, 0.15) is 30.4 Å². The van der Waals surface area contributed by atoms with Crippen LogP contribution in [-0.2, 0) is 5.54 Å². The second-order valence-corrected chi connectivity index (χ2v) is 4.19. The van der Waals surface area contributed by atoms with E-state index in [1.165, 1.54) is 13.2 Å². The number of rotatable bonds is 2. The van der Waals surface area contributed by atoms with Crippen LogP contribution in [0.3, 0.4) is 0 Å². The monoisotopic (exact) mass is 218 g/mol. The van der Waals surface area contributed by atoms with Gasteiger partial charge in [-0.15, -0.1) is 0 Å². The van der Waals surface area contributed by atoms with Gasteiger partial charge in [-0.1, -0.05) is 0 Å². The SMILES string of the molecule is COc1cc(O)c(C#N)cc1C1(N)CCC1. The molecule has 1 aliphatic rings.